The molecule has 0 bridgehead atoms. The van der Waals surface area contributed by atoms with E-state index in [9.17, 15) is 19.1 Å². The largest absolute Gasteiger partial charge is 0.477 e. The normalized spacial score (nSPS) is 13.9. The van der Waals surface area contributed by atoms with Crippen LogP contribution in [-0.4, -0.2) is 78.2 Å². The predicted octanol–water partition coefficient (Wildman–Crippen LogP) is 3.15. The second kappa shape index (κ2) is 9.45. The summed E-state index contributed by atoms with van der Waals surface area (Å²) in [7, 11) is 5.13. The lowest BCUT2D eigenvalue weighted by atomic mass is 10.0. The lowest BCUT2D eigenvalue weighted by Crippen LogP contribution is -2.45. The molecule has 0 radical (unpaired) electrons. The van der Waals surface area contributed by atoms with Crippen LogP contribution in [0, 0.1) is 11.6 Å². The molecule has 3 N–H and O–H groups in total. The SMILES string of the molecule is CNc1cc(F)c(F)c2c1[nH]c1ncc(-c3cnc4c(c3)c(=O)c(C(=O)O)cn4N3CCOCC3)c(N(C)C)c12. The number of morpholine rings is 1. The lowest BCUT2D eigenvalue weighted by molar-refractivity contribution is 0.0694. The van der Waals surface area contributed by atoms with Crippen molar-refractivity contribution in [2.45, 2.75) is 0 Å². The molecular formula is C27H25F2N7O4. The number of fused-ring (bicyclic) bond motifs is 4. The van der Waals surface area contributed by atoms with E-state index < -0.39 is 28.6 Å². The Hall–Kier alpha value is -4.78. The summed E-state index contributed by atoms with van der Waals surface area (Å²) in [6.07, 6.45) is 4.40. The molecule has 206 valence electrons. The van der Waals surface area contributed by atoms with Gasteiger partial charge in [-0.1, -0.05) is 0 Å². The average Bonchev–Trinajstić information content (AvgIpc) is 3.34. The van der Waals surface area contributed by atoms with Crippen LogP contribution in [0.3, 0.4) is 0 Å². The van der Waals surface area contributed by atoms with Crippen LogP contribution in [0.5, 0.6) is 0 Å². The van der Waals surface area contributed by atoms with Gasteiger partial charge in [-0.15, -0.1) is 0 Å². The van der Waals surface area contributed by atoms with Gasteiger partial charge in [0.2, 0.25) is 5.43 Å². The number of aromatic nitrogens is 4. The van der Waals surface area contributed by atoms with Crippen molar-refractivity contribution in [2.24, 2.45) is 0 Å². The van der Waals surface area contributed by atoms with E-state index in [1.807, 2.05) is 5.01 Å². The number of pyridine rings is 3. The maximum atomic E-state index is 15.3. The van der Waals surface area contributed by atoms with Crippen molar-refractivity contribution in [1.29, 1.82) is 0 Å². The standard InChI is InChI=1S/C27H25F2N7O4/c1-30-18-9-17(28)21(29)19-20-23(34(2)3)15(11-31-25(20)33-22(18)19)13-8-14-24(37)16(27(38)39)12-36(26(14)32-10-13)35-4-6-40-7-5-35/h8-12,30H,4-7H2,1-3H3,(H,31,33)(H,38,39). The number of rotatable bonds is 5. The van der Waals surface area contributed by atoms with Crippen molar-refractivity contribution in [3.8, 4) is 11.1 Å². The molecule has 1 aliphatic heterocycles. The summed E-state index contributed by atoms with van der Waals surface area (Å²) >= 11 is 0. The van der Waals surface area contributed by atoms with Crippen LogP contribution in [-0.2, 0) is 4.74 Å². The molecule has 11 nitrogen and oxygen atoms in total. The van der Waals surface area contributed by atoms with Gasteiger partial charge in [-0.25, -0.2) is 28.2 Å². The first-order chi connectivity index (χ1) is 19.2. The Labute approximate surface area is 225 Å². The fraction of sp³-hybridized carbons (Fsp3) is 0.259. The van der Waals surface area contributed by atoms with Gasteiger partial charge < -0.3 is 30.1 Å². The van der Waals surface area contributed by atoms with Gasteiger partial charge in [0.25, 0.3) is 0 Å². The minimum atomic E-state index is -1.35. The number of H-pyrrole nitrogens is 1. The van der Waals surface area contributed by atoms with Crippen LogP contribution in [0.2, 0.25) is 0 Å². The van der Waals surface area contributed by atoms with Crippen molar-refractivity contribution in [1.82, 2.24) is 19.6 Å². The van der Waals surface area contributed by atoms with Crippen LogP contribution < -0.4 is 20.7 Å². The number of aromatic carboxylic acids is 1. The molecule has 5 heterocycles. The van der Waals surface area contributed by atoms with Crippen molar-refractivity contribution in [3.63, 3.8) is 0 Å². The highest BCUT2D eigenvalue weighted by molar-refractivity contribution is 6.18. The number of hydrogen-bond donors (Lipinski definition) is 3. The summed E-state index contributed by atoms with van der Waals surface area (Å²) in [6, 6.07) is 2.64. The van der Waals surface area contributed by atoms with E-state index in [4.69, 9.17) is 4.74 Å². The quantitative estimate of drug-likeness (QED) is 0.303. The summed E-state index contributed by atoms with van der Waals surface area (Å²) in [6.45, 7) is 1.87. The number of carbonyl (C=O) groups is 1. The summed E-state index contributed by atoms with van der Waals surface area (Å²) < 4.78 is 36.9. The van der Waals surface area contributed by atoms with Gasteiger partial charge in [-0.3, -0.25) is 4.79 Å². The Kier molecular flexibility index (Phi) is 6.02. The Morgan fingerprint density at radius 3 is 2.58 bits per heavy atom. The summed E-state index contributed by atoms with van der Waals surface area (Å²) in [5.74, 6) is -3.38. The van der Waals surface area contributed by atoms with Gasteiger partial charge in [0.1, 0.15) is 11.2 Å². The van der Waals surface area contributed by atoms with E-state index in [1.54, 1.807) is 49.2 Å². The second-order valence-electron chi connectivity index (χ2n) is 9.67. The summed E-state index contributed by atoms with van der Waals surface area (Å²) in [5.41, 5.74) is 1.77. The molecule has 0 unspecified atom stereocenters. The molecule has 0 spiro atoms. The van der Waals surface area contributed by atoms with E-state index in [-0.39, 0.29) is 10.8 Å². The number of nitrogens with zero attached hydrogens (tertiary/aromatic N) is 5. The third-order valence-corrected chi connectivity index (χ3v) is 7.14. The fourth-order valence-electron chi connectivity index (χ4n) is 5.29. The van der Waals surface area contributed by atoms with Gasteiger partial charge in [0.05, 0.1) is 59.4 Å². The lowest BCUT2D eigenvalue weighted by Gasteiger charge is -2.31. The molecule has 13 heteroatoms. The highest BCUT2D eigenvalue weighted by Crippen LogP contribution is 2.42. The van der Waals surface area contributed by atoms with E-state index in [1.165, 1.54) is 6.20 Å². The molecule has 1 fully saturated rings. The molecule has 0 aliphatic carbocycles. The maximum absolute atomic E-state index is 15.3. The van der Waals surface area contributed by atoms with Gasteiger partial charge in [-0.2, -0.15) is 0 Å². The average molecular weight is 550 g/mol. The maximum Gasteiger partial charge on any atom is 0.341 e. The third kappa shape index (κ3) is 3.80. The van der Waals surface area contributed by atoms with Gasteiger partial charge in [0, 0.05) is 56.9 Å². The Balaban J connectivity index is 1.65. The highest BCUT2D eigenvalue weighted by atomic mass is 19.2. The molecular weight excluding hydrogens is 524 g/mol. The van der Waals surface area contributed by atoms with Crippen LogP contribution in [0.25, 0.3) is 44.1 Å². The first kappa shape index (κ1) is 25.5. The molecule has 6 rings (SSSR count). The predicted molar refractivity (Wildman–Crippen MR) is 148 cm³/mol. The van der Waals surface area contributed by atoms with E-state index in [0.29, 0.717) is 71.0 Å². The zero-order valence-corrected chi connectivity index (χ0v) is 21.9. The van der Waals surface area contributed by atoms with Crippen LogP contribution >= 0.6 is 0 Å². The number of carboxylic acid groups (broad SMARTS) is 1. The molecule has 4 aromatic heterocycles. The number of benzene rings is 1. The summed E-state index contributed by atoms with van der Waals surface area (Å²) in [5, 5.41) is 15.0. The third-order valence-electron chi connectivity index (χ3n) is 7.14. The molecule has 1 aliphatic rings. The number of anilines is 2. The van der Waals surface area contributed by atoms with E-state index in [2.05, 4.69) is 20.3 Å². The minimum Gasteiger partial charge on any atom is -0.477 e. The number of carboxylic acids is 1. The number of halogens is 2. The molecule has 0 saturated carbocycles. The first-order valence-electron chi connectivity index (χ1n) is 12.5. The highest BCUT2D eigenvalue weighted by Gasteiger charge is 2.25. The first-order valence-corrected chi connectivity index (χ1v) is 12.5. The van der Waals surface area contributed by atoms with Crippen LogP contribution in [0.1, 0.15) is 10.4 Å². The van der Waals surface area contributed by atoms with Gasteiger partial charge >= 0.3 is 5.97 Å². The number of aromatic amines is 1. The Bertz CT molecular complexity index is 1890. The van der Waals surface area contributed by atoms with Crippen LogP contribution in [0.15, 0.2) is 35.5 Å². The number of hydrogen-bond acceptors (Lipinski definition) is 8. The fourth-order valence-corrected chi connectivity index (χ4v) is 5.29. The number of ether oxygens (including phenoxy) is 1. The zero-order valence-electron chi connectivity index (χ0n) is 21.9. The van der Waals surface area contributed by atoms with Gasteiger partial charge in [-0.05, 0) is 6.07 Å². The molecule has 40 heavy (non-hydrogen) atoms. The molecule has 0 atom stereocenters. The smallest absolute Gasteiger partial charge is 0.341 e. The Morgan fingerprint density at radius 2 is 1.90 bits per heavy atom. The van der Waals surface area contributed by atoms with Crippen LogP contribution in [0.4, 0.5) is 20.2 Å². The monoisotopic (exact) mass is 549 g/mol. The van der Waals surface area contributed by atoms with E-state index >= 15 is 4.39 Å². The van der Waals surface area contributed by atoms with Crippen molar-refractivity contribution in [3.05, 3.63) is 58.1 Å². The number of nitrogens with one attached hydrogen (secondary N) is 2. The summed E-state index contributed by atoms with van der Waals surface area (Å²) in [4.78, 5) is 39.2. The Morgan fingerprint density at radius 1 is 1.15 bits per heavy atom. The van der Waals surface area contributed by atoms with E-state index in [0.717, 1.165) is 6.07 Å². The van der Waals surface area contributed by atoms with Crippen molar-refractivity contribution in [2.75, 3.05) is 62.7 Å². The van der Waals surface area contributed by atoms with Crippen molar-refractivity contribution < 1.29 is 23.4 Å². The molecule has 0 amide bonds. The van der Waals surface area contributed by atoms with Crippen molar-refractivity contribution >= 4 is 50.3 Å². The second-order valence-corrected chi connectivity index (χ2v) is 9.67. The molecule has 1 aromatic carbocycles. The molecule has 5 aromatic rings. The molecule has 1 saturated heterocycles. The van der Waals surface area contributed by atoms with Gasteiger partial charge in [0.15, 0.2) is 17.3 Å². The zero-order chi connectivity index (χ0) is 28.3. The topological polar surface area (TPSA) is 129 Å². The minimum absolute atomic E-state index is 0.0361.